The zero-order valence-corrected chi connectivity index (χ0v) is 15.7. The smallest absolute Gasteiger partial charge is 0.231 e. The van der Waals surface area contributed by atoms with Crippen molar-refractivity contribution in [3.63, 3.8) is 0 Å². The van der Waals surface area contributed by atoms with Crippen molar-refractivity contribution in [1.82, 2.24) is 24.6 Å². The molecule has 2 N–H and O–H groups in total. The molecule has 29 heavy (non-hydrogen) atoms. The molecule has 2 atom stereocenters. The van der Waals surface area contributed by atoms with Gasteiger partial charge in [-0.05, 0) is 12.7 Å². The third-order valence-corrected chi connectivity index (χ3v) is 5.64. The molecule has 11 heteroatoms. The molecule has 1 aliphatic rings. The Hall–Kier alpha value is -3.08. The van der Waals surface area contributed by atoms with Gasteiger partial charge in [-0.2, -0.15) is 5.10 Å². The van der Waals surface area contributed by atoms with E-state index in [0.29, 0.717) is 22.3 Å². The quantitative estimate of drug-likeness (QED) is 0.495. The molecule has 0 aliphatic heterocycles. The average molecular weight is 418 g/mol. The summed E-state index contributed by atoms with van der Waals surface area (Å²) in [5.74, 6) is -2.76. The monoisotopic (exact) mass is 418 g/mol. The van der Waals surface area contributed by atoms with Gasteiger partial charge in [-0.1, -0.05) is 0 Å². The van der Waals surface area contributed by atoms with E-state index in [0.717, 1.165) is 11.8 Å². The first-order valence-electron chi connectivity index (χ1n) is 8.66. The van der Waals surface area contributed by atoms with Crippen LogP contribution in [0.15, 0.2) is 29.7 Å². The molecule has 1 fully saturated rings. The summed E-state index contributed by atoms with van der Waals surface area (Å²) >= 11 is 1.06. The number of H-pyrrole nitrogens is 1. The highest BCUT2D eigenvalue weighted by molar-refractivity contribution is 7.98. The van der Waals surface area contributed by atoms with Crippen LogP contribution in [0.2, 0.25) is 0 Å². The van der Waals surface area contributed by atoms with Crippen LogP contribution in [-0.2, 0) is 4.79 Å². The van der Waals surface area contributed by atoms with Crippen LogP contribution in [-0.4, -0.2) is 42.9 Å². The Morgan fingerprint density at radius 2 is 2.10 bits per heavy atom. The molecule has 5 rings (SSSR count). The van der Waals surface area contributed by atoms with Gasteiger partial charge in [0.15, 0.2) is 23.1 Å². The zero-order chi connectivity index (χ0) is 20.3. The maximum absolute atomic E-state index is 14.6. The van der Waals surface area contributed by atoms with E-state index in [2.05, 4.69) is 25.5 Å². The molecule has 0 radical (unpaired) electrons. The fourth-order valence-electron chi connectivity index (χ4n) is 3.27. The fraction of sp³-hybridized carbons (Fsp3) is 0.222. The van der Waals surface area contributed by atoms with Crippen LogP contribution in [0, 0.1) is 17.6 Å². The van der Waals surface area contributed by atoms with E-state index >= 15 is 0 Å². The SMILES string of the molecule is CSc1c(F)c(F)c2[nH]ncc2c1-c1cn2cc(NC(=O)[C@@H]3C[C@@H]3F)nc2cn1. The van der Waals surface area contributed by atoms with Crippen molar-refractivity contribution in [2.75, 3.05) is 11.6 Å². The first-order chi connectivity index (χ1) is 14.0. The van der Waals surface area contributed by atoms with Crippen molar-refractivity contribution < 1.29 is 18.0 Å². The summed E-state index contributed by atoms with van der Waals surface area (Å²) in [7, 11) is 0. The summed E-state index contributed by atoms with van der Waals surface area (Å²) in [5.41, 5.74) is 1.18. The van der Waals surface area contributed by atoms with E-state index in [1.165, 1.54) is 12.4 Å². The summed E-state index contributed by atoms with van der Waals surface area (Å²) in [6.45, 7) is 0. The van der Waals surface area contributed by atoms with Gasteiger partial charge in [-0.3, -0.25) is 14.9 Å². The highest BCUT2D eigenvalue weighted by Crippen LogP contribution is 2.39. The minimum atomic E-state index is -1.10. The molecular formula is C18H13F3N6OS. The van der Waals surface area contributed by atoms with Crippen molar-refractivity contribution in [2.24, 2.45) is 5.92 Å². The van der Waals surface area contributed by atoms with Crippen molar-refractivity contribution in [3.8, 4) is 11.3 Å². The Kier molecular flexibility index (Phi) is 4.02. The Balaban J connectivity index is 1.60. The number of aromatic nitrogens is 5. The largest absolute Gasteiger partial charge is 0.309 e. The number of fused-ring (bicyclic) bond motifs is 2. The van der Waals surface area contributed by atoms with Gasteiger partial charge in [0.2, 0.25) is 5.91 Å². The maximum Gasteiger partial charge on any atom is 0.231 e. The minimum absolute atomic E-state index is 0.0407. The van der Waals surface area contributed by atoms with Gasteiger partial charge < -0.3 is 9.72 Å². The van der Waals surface area contributed by atoms with Crippen molar-refractivity contribution >= 4 is 40.0 Å². The van der Waals surface area contributed by atoms with E-state index in [1.54, 1.807) is 23.1 Å². The molecule has 3 aromatic heterocycles. The van der Waals surface area contributed by atoms with Gasteiger partial charge in [0.05, 0.1) is 35.1 Å². The number of nitrogens with zero attached hydrogens (tertiary/aromatic N) is 4. The summed E-state index contributed by atoms with van der Waals surface area (Å²) in [4.78, 5) is 20.6. The summed E-state index contributed by atoms with van der Waals surface area (Å²) in [5, 5.41) is 9.28. The Morgan fingerprint density at radius 3 is 2.83 bits per heavy atom. The van der Waals surface area contributed by atoms with E-state index in [9.17, 15) is 18.0 Å². The number of amides is 1. The van der Waals surface area contributed by atoms with E-state index < -0.39 is 29.6 Å². The predicted molar refractivity (Wildman–Crippen MR) is 101 cm³/mol. The average Bonchev–Trinajstić information content (AvgIpc) is 3.09. The Labute approximate surface area is 165 Å². The van der Waals surface area contributed by atoms with Crippen LogP contribution in [0.1, 0.15) is 6.42 Å². The van der Waals surface area contributed by atoms with Gasteiger partial charge >= 0.3 is 0 Å². The number of alkyl halides is 1. The van der Waals surface area contributed by atoms with Gasteiger partial charge in [-0.25, -0.2) is 18.2 Å². The van der Waals surface area contributed by atoms with Gasteiger partial charge in [0.25, 0.3) is 0 Å². The number of imidazole rings is 1. The number of hydrogen-bond acceptors (Lipinski definition) is 5. The molecular weight excluding hydrogens is 405 g/mol. The lowest BCUT2D eigenvalue weighted by atomic mass is 10.1. The van der Waals surface area contributed by atoms with Crippen molar-refractivity contribution in [2.45, 2.75) is 17.5 Å². The first-order valence-corrected chi connectivity index (χ1v) is 9.88. The van der Waals surface area contributed by atoms with Crippen molar-refractivity contribution in [1.29, 1.82) is 0 Å². The number of thioether (sulfide) groups is 1. The standard InChI is InChI=1S/C18H13F3N6OS/c1-29-17-13(8-3-23-26-16(8)14(20)15(17)21)10-5-27-6-11(24-12(27)4-22-10)25-18(28)7-2-9(7)19/h3-7,9H,2H2,1H3,(H,23,26)(H,25,28)/t7-,9+/m1/s1. The highest BCUT2D eigenvalue weighted by atomic mass is 32.2. The molecule has 1 amide bonds. The number of halogens is 3. The number of benzene rings is 1. The lowest BCUT2D eigenvalue weighted by molar-refractivity contribution is -0.117. The molecule has 1 aliphatic carbocycles. The van der Waals surface area contributed by atoms with Gasteiger partial charge in [0.1, 0.15) is 11.7 Å². The maximum atomic E-state index is 14.6. The molecule has 7 nitrogen and oxygen atoms in total. The van der Waals surface area contributed by atoms with Crippen LogP contribution >= 0.6 is 11.8 Å². The van der Waals surface area contributed by atoms with E-state index in [1.807, 2.05) is 0 Å². The number of anilines is 1. The topological polar surface area (TPSA) is 88.0 Å². The molecule has 0 unspecified atom stereocenters. The summed E-state index contributed by atoms with van der Waals surface area (Å²) in [6, 6.07) is 0. The second-order valence-electron chi connectivity index (χ2n) is 6.71. The number of hydrogen-bond donors (Lipinski definition) is 2. The van der Waals surface area contributed by atoms with Gasteiger partial charge in [-0.15, -0.1) is 11.8 Å². The first kappa shape index (κ1) is 18.0. The summed E-state index contributed by atoms with van der Waals surface area (Å²) < 4.78 is 43.5. The highest BCUT2D eigenvalue weighted by Gasteiger charge is 2.43. The van der Waals surface area contributed by atoms with Crippen LogP contribution in [0.3, 0.4) is 0 Å². The Bertz CT molecular complexity index is 1290. The second kappa shape index (κ2) is 6.48. The molecule has 0 spiro atoms. The predicted octanol–water partition coefficient (Wildman–Crippen LogP) is 3.57. The summed E-state index contributed by atoms with van der Waals surface area (Å²) in [6.07, 6.45) is 6.80. The zero-order valence-electron chi connectivity index (χ0n) is 14.9. The third kappa shape index (κ3) is 2.84. The molecule has 3 heterocycles. The van der Waals surface area contributed by atoms with E-state index in [4.69, 9.17) is 0 Å². The minimum Gasteiger partial charge on any atom is -0.309 e. The van der Waals surface area contributed by atoms with Crippen LogP contribution in [0.25, 0.3) is 27.8 Å². The lowest BCUT2D eigenvalue weighted by Gasteiger charge is -2.11. The molecule has 1 saturated carbocycles. The van der Waals surface area contributed by atoms with E-state index in [-0.39, 0.29) is 22.7 Å². The molecule has 0 bridgehead atoms. The van der Waals surface area contributed by atoms with Crippen LogP contribution in [0.4, 0.5) is 19.0 Å². The van der Waals surface area contributed by atoms with Crippen LogP contribution < -0.4 is 5.32 Å². The fourth-order valence-corrected chi connectivity index (χ4v) is 3.96. The third-order valence-electron chi connectivity index (χ3n) is 4.85. The normalized spacial score (nSPS) is 18.5. The molecule has 148 valence electrons. The molecule has 4 aromatic rings. The molecule has 1 aromatic carbocycles. The number of carbonyl (C=O) groups is 1. The Morgan fingerprint density at radius 1 is 1.31 bits per heavy atom. The lowest BCUT2D eigenvalue weighted by Crippen LogP contribution is -2.15. The van der Waals surface area contributed by atoms with Crippen LogP contribution in [0.5, 0.6) is 0 Å². The second-order valence-corrected chi connectivity index (χ2v) is 7.52. The number of aromatic amines is 1. The van der Waals surface area contributed by atoms with Crippen molar-refractivity contribution in [3.05, 3.63) is 36.4 Å². The van der Waals surface area contributed by atoms with Gasteiger partial charge in [0, 0.05) is 17.1 Å². The molecule has 0 saturated heterocycles. The number of nitrogens with one attached hydrogen (secondary N) is 2. The number of carbonyl (C=O) groups excluding carboxylic acids is 1. The number of rotatable bonds is 4.